The fourth-order valence-electron chi connectivity index (χ4n) is 10.0. The number of carbonyl (C=O) groups is 3. The number of aryl methyl sites for hydroxylation is 2. The summed E-state index contributed by atoms with van der Waals surface area (Å²) < 4.78 is 67.5. The zero-order valence-electron chi connectivity index (χ0n) is 48.0. The molecule has 4 aliphatic rings. The van der Waals surface area contributed by atoms with Gasteiger partial charge < -0.3 is 78.1 Å². The molecule has 4 fully saturated rings. The lowest BCUT2D eigenvalue weighted by molar-refractivity contribution is -0.145. The van der Waals surface area contributed by atoms with E-state index in [0.717, 1.165) is 67.8 Å². The number of urea groups is 1. The lowest BCUT2D eigenvalue weighted by Gasteiger charge is -2.45. The summed E-state index contributed by atoms with van der Waals surface area (Å²) >= 11 is 9.92. The molecule has 460 valence electrons. The van der Waals surface area contributed by atoms with Gasteiger partial charge in [0.1, 0.15) is 6.10 Å². The molecule has 1 aromatic carbocycles. The first-order valence-electron chi connectivity index (χ1n) is 29.4. The fraction of sp³-hybridized carbons (Fsp3) is 0.789. The molecular weight excluding hydrogens is 1110 g/mol. The maximum absolute atomic E-state index is 13.3. The van der Waals surface area contributed by atoms with E-state index in [1.807, 2.05) is 35.2 Å². The van der Waals surface area contributed by atoms with E-state index in [2.05, 4.69) is 52.1 Å². The number of halogens is 1. The number of fused-ring (bicyclic) bond motifs is 1. The van der Waals surface area contributed by atoms with Crippen LogP contribution in [0.15, 0.2) is 24.3 Å². The summed E-state index contributed by atoms with van der Waals surface area (Å²) in [5.41, 5.74) is 2.36. The van der Waals surface area contributed by atoms with Crippen molar-refractivity contribution in [3.8, 4) is 0 Å². The van der Waals surface area contributed by atoms with Crippen LogP contribution in [0.4, 0.5) is 4.79 Å². The van der Waals surface area contributed by atoms with Crippen LogP contribution in [0.5, 0.6) is 0 Å². The third kappa shape index (κ3) is 27.4. The molecule has 1 aromatic heterocycles. The second-order valence-corrected chi connectivity index (χ2v) is 23.4. The Balaban J connectivity index is 0.612. The zero-order valence-corrected chi connectivity index (χ0v) is 50.4. The first-order chi connectivity index (χ1) is 39.7. The predicted molar refractivity (Wildman–Crippen MR) is 311 cm³/mol. The predicted octanol–water partition coefficient (Wildman–Crippen LogP) is 4.89. The minimum atomic E-state index is -0.530. The molecular formula is C57H93ClN6O15S2. The van der Waals surface area contributed by atoms with Crippen molar-refractivity contribution in [2.45, 2.75) is 113 Å². The smallest absolute Gasteiger partial charge is 0.315 e. The van der Waals surface area contributed by atoms with Crippen LogP contribution in [0.25, 0.3) is 0 Å². The third-order valence-corrected chi connectivity index (χ3v) is 17.5. The molecule has 2 aromatic rings. The molecule has 4 heterocycles. The van der Waals surface area contributed by atoms with Gasteiger partial charge in [-0.2, -0.15) is 11.8 Å². The number of hydrogen-bond donors (Lipinski definition) is 4. The summed E-state index contributed by atoms with van der Waals surface area (Å²) in [6.45, 7) is 16.3. The van der Waals surface area contributed by atoms with E-state index >= 15 is 0 Å². The third-order valence-electron chi connectivity index (χ3n) is 14.5. The number of nitrogens with zero attached hydrogens (tertiary/aromatic N) is 2. The molecule has 21 nitrogen and oxygen atoms in total. The number of morpholine rings is 1. The number of aromatic nitrogens is 1. The highest BCUT2D eigenvalue weighted by molar-refractivity contribution is 8.00. The van der Waals surface area contributed by atoms with Gasteiger partial charge in [0.05, 0.1) is 175 Å². The van der Waals surface area contributed by atoms with E-state index in [1.54, 1.807) is 0 Å². The lowest BCUT2D eigenvalue weighted by Crippen LogP contribution is -2.58. The molecule has 4 amide bonds. The van der Waals surface area contributed by atoms with Crippen LogP contribution < -0.4 is 21.3 Å². The van der Waals surface area contributed by atoms with Gasteiger partial charge in [-0.15, -0.1) is 11.3 Å². The summed E-state index contributed by atoms with van der Waals surface area (Å²) in [5.74, 6) is 1.40. The van der Waals surface area contributed by atoms with Crippen molar-refractivity contribution < 1.29 is 71.2 Å². The topological polar surface area (TPSA) is 226 Å². The number of carbonyl (C=O) groups excluding carboxylic acids is 3. The number of amides is 4. The van der Waals surface area contributed by atoms with Crippen molar-refractivity contribution in [1.29, 1.82) is 0 Å². The van der Waals surface area contributed by atoms with Crippen LogP contribution in [0.1, 0.15) is 78.4 Å². The second-order valence-electron chi connectivity index (χ2n) is 20.4. The van der Waals surface area contributed by atoms with Gasteiger partial charge >= 0.3 is 6.03 Å². The Morgan fingerprint density at radius 1 is 0.667 bits per heavy atom. The molecule has 0 unspecified atom stereocenters. The Morgan fingerprint density at radius 3 is 1.65 bits per heavy atom. The van der Waals surface area contributed by atoms with E-state index in [4.69, 9.17) is 73.4 Å². The summed E-state index contributed by atoms with van der Waals surface area (Å²) in [7, 11) is 0. The van der Waals surface area contributed by atoms with Gasteiger partial charge in [-0.05, 0) is 76.5 Å². The second kappa shape index (κ2) is 41.3. The van der Waals surface area contributed by atoms with Crippen molar-refractivity contribution in [1.82, 2.24) is 31.2 Å². The summed E-state index contributed by atoms with van der Waals surface area (Å²) in [5, 5.41) is 14.3. The molecule has 3 saturated heterocycles. The van der Waals surface area contributed by atoms with Crippen molar-refractivity contribution >= 4 is 52.5 Å². The molecule has 1 aliphatic carbocycles. The van der Waals surface area contributed by atoms with E-state index in [0.29, 0.717) is 195 Å². The van der Waals surface area contributed by atoms with Gasteiger partial charge in [-0.3, -0.25) is 14.5 Å². The maximum Gasteiger partial charge on any atom is 0.315 e. The van der Waals surface area contributed by atoms with Crippen LogP contribution in [-0.4, -0.2) is 241 Å². The molecule has 0 radical (unpaired) electrons. The highest BCUT2D eigenvalue weighted by atomic mass is 35.5. The molecule has 3 aliphatic heterocycles. The van der Waals surface area contributed by atoms with Gasteiger partial charge in [-0.25, -0.2) is 9.78 Å². The van der Waals surface area contributed by atoms with Crippen LogP contribution in [-0.2, 0) is 72.9 Å². The van der Waals surface area contributed by atoms with E-state index in [9.17, 15) is 14.4 Å². The number of thiazole rings is 1. The molecule has 6 rings (SSSR count). The Hall–Kier alpha value is -2.82. The fourth-order valence-corrected chi connectivity index (χ4v) is 12.8. The highest BCUT2D eigenvalue weighted by Gasteiger charge is 2.43. The van der Waals surface area contributed by atoms with Crippen LogP contribution >= 0.6 is 34.7 Å². The van der Waals surface area contributed by atoms with Crippen molar-refractivity contribution in [2.75, 3.05) is 177 Å². The van der Waals surface area contributed by atoms with E-state index < -0.39 is 6.10 Å². The van der Waals surface area contributed by atoms with E-state index in [-0.39, 0.29) is 36.0 Å². The van der Waals surface area contributed by atoms with E-state index in [1.165, 1.54) is 15.4 Å². The van der Waals surface area contributed by atoms with Crippen molar-refractivity contribution in [2.24, 2.45) is 0 Å². The van der Waals surface area contributed by atoms with Crippen LogP contribution in [0.3, 0.4) is 0 Å². The van der Waals surface area contributed by atoms with Crippen molar-refractivity contribution in [3.05, 3.63) is 50.4 Å². The standard InChI is InChI=1S/C57H93ClN6O15S2/c1-43-44(2)81-56(61-43)46-9-13-48(14-10-46)64-40-51(79-41-49(64)39-45-7-11-47(58)12-8-45)55(66)60-16-18-69-20-22-71-24-26-73-28-30-75-32-34-77-36-38-78-37-35-76-33-31-74-29-27-72-25-23-70-21-19-68-17-15-59-53(65)6-4-3-5-52-54-50(42-80-52)62-57(67)63-54/h7-8,11-12,46,48-52,54H,3-6,9-10,13-42H2,1-2H3,(H,59,65)(H,60,66)(H2,62,63,67)/t46?,48?,49-,50-,51+,52-,54-/m0/s1. The highest BCUT2D eigenvalue weighted by Crippen LogP contribution is 2.39. The first kappa shape index (κ1) is 67.3. The summed E-state index contributed by atoms with van der Waals surface area (Å²) in [6.07, 6.45) is 8.00. The molecule has 81 heavy (non-hydrogen) atoms. The Bertz CT molecular complexity index is 1990. The minimum Gasteiger partial charge on any atom is -0.377 e. The quantitative estimate of drug-likeness (QED) is 0.0511. The van der Waals surface area contributed by atoms with Gasteiger partial charge in [0.2, 0.25) is 5.91 Å². The molecule has 0 bridgehead atoms. The monoisotopic (exact) mass is 1200 g/mol. The minimum absolute atomic E-state index is 0.0385. The number of nitrogens with one attached hydrogen (secondary N) is 4. The number of ether oxygens (including phenoxy) is 12. The van der Waals surface area contributed by atoms with Gasteiger partial charge in [0.25, 0.3) is 5.91 Å². The van der Waals surface area contributed by atoms with Crippen LogP contribution in [0, 0.1) is 13.8 Å². The zero-order chi connectivity index (χ0) is 57.0. The Morgan fingerprint density at radius 2 is 1.16 bits per heavy atom. The SMILES string of the molecule is Cc1nc(C2CCC(N3C[C@H](C(=O)NCCOCCOCCOCCOCCOCCOCCOCCOCCOCCOCCOCCNC(=O)CCCC[C@@H]4SC[C@@H]5NC(=O)N[C@@H]54)OC[C@@H]3Cc3ccc(Cl)cc3)CC2)sc1C. The normalized spacial score (nSPS) is 22.0. The number of rotatable bonds is 46. The molecule has 4 N–H and O–H groups in total. The van der Waals surface area contributed by atoms with Gasteiger partial charge in [-0.1, -0.05) is 30.2 Å². The van der Waals surface area contributed by atoms with Gasteiger partial charge in [0, 0.05) is 65.0 Å². The maximum atomic E-state index is 13.3. The Kier molecular flexibility index (Phi) is 34.3. The molecule has 5 atom stereocenters. The van der Waals surface area contributed by atoms with Crippen LogP contribution in [0.2, 0.25) is 5.02 Å². The number of thioether (sulfide) groups is 1. The molecule has 24 heteroatoms. The average Bonchev–Trinajstić information content (AvgIpc) is 4.16. The summed E-state index contributed by atoms with van der Waals surface area (Å²) in [4.78, 5) is 45.6. The van der Waals surface area contributed by atoms with Gasteiger partial charge in [0.15, 0.2) is 0 Å². The first-order valence-corrected chi connectivity index (χ1v) is 31.6. The Labute approximate surface area is 493 Å². The average molecular weight is 1200 g/mol. The number of benzene rings is 1. The van der Waals surface area contributed by atoms with Crippen molar-refractivity contribution in [3.63, 3.8) is 0 Å². The largest absolute Gasteiger partial charge is 0.377 e. The molecule has 1 saturated carbocycles. The lowest BCUT2D eigenvalue weighted by atomic mass is 9.84. The number of hydrogen-bond acceptors (Lipinski definition) is 19. The summed E-state index contributed by atoms with van der Waals surface area (Å²) in [6, 6.07) is 9.01. The molecule has 0 spiro atoms. The number of unbranched alkanes of at least 4 members (excludes halogenated alkanes) is 1.